The van der Waals surface area contributed by atoms with E-state index >= 15 is 0 Å². The van der Waals surface area contributed by atoms with E-state index in [1.54, 1.807) is 18.6 Å². The van der Waals surface area contributed by atoms with Crippen molar-refractivity contribution in [3.05, 3.63) is 49.1 Å². The molecule has 2 heterocycles. The van der Waals surface area contributed by atoms with E-state index in [0.717, 1.165) is 17.5 Å². The van der Waals surface area contributed by atoms with Crippen molar-refractivity contribution in [2.24, 2.45) is 0 Å². The fraction of sp³-hybridized carbons (Fsp3) is 0.263. The van der Waals surface area contributed by atoms with Gasteiger partial charge in [0.25, 0.3) is 0 Å². The topological polar surface area (TPSA) is 83.3 Å². The van der Waals surface area contributed by atoms with Crippen molar-refractivity contribution < 1.29 is 17.9 Å². The third-order valence-corrected chi connectivity index (χ3v) is 4.82. The van der Waals surface area contributed by atoms with Gasteiger partial charge in [-0.1, -0.05) is 0 Å². The molecule has 0 radical (unpaired) electrons. The second-order valence-corrected chi connectivity index (χ2v) is 7.80. The summed E-state index contributed by atoms with van der Waals surface area (Å²) in [4.78, 5) is 8.28. The summed E-state index contributed by atoms with van der Waals surface area (Å²) in [5.41, 5.74) is 2.38. The minimum atomic E-state index is -3.34. The Balaban J connectivity index is 2.04. The summed E-state index contributed by atoms with van der Waals surface area (Å²) in [7, 11) is -3.34. The van der Waals surface area contributed by atoms with E-state index in [4.69, 9.17) is 9.47 Å². The fourth-order valence-electron chi connectivity index (χ4n) is 2.67. The average molecular weight is 387 g/mol. The SMILES string of the molecule is CCOc1cc(OCC)cc(-c2cncn2-c2ccc(S(C)(=O)=O)nc2)c1. The number of imidazole rings is 1. The lowest BCUT2D eigenvalue weighted by molar-refractivity contribution is 0.323. The molecular weight excluding hydrogens is 366 g/mol. The molecule has 142 valence electrons. The van der Waals surface area contributed by atoms with Gasteiger partial charge < -0.3 is 9.47 Å². The van der Waals surface area contributed by atoms with Gasteiger partial charge in [0, 0.05) is 17.9 Å². The highest BCUT2D eigenvalue weighted by molar-refractivity contribution is 7.90. The summed E-state index contributed by atoms with van der Waals surface area (Å²) in [6.45, 7) is 4.94. The van der Waals surface area contributed by atoms with Crippen LogP contribution < -0.4 is 9.47 Å². The number of sulfone groups is 1. The van der Waals surface area contributed by atoms with Crippen molar-refractivity contribution in [2.75, 3.05) is 19.5 Å². The number of pyridine rings is 1. The molecule has 3 rings (SSSR count). The zero-order valence-corrected chi connectivity index (χ0v) is 16.2. The van der Waals surface area contributed by atoms with E-state index in [9.17, 15) is 8.42 Å². The molecule has 0 saturated carbocycles. The second kappa shape index (κ2) is 7.79. The van der Waals surface area contributed by atoms with E-state index < -0.39 is 9.84 Å². The Morgan fingerprint density at radius 1 is 1.00 bits per heavy atom. The molecule has 0 spiro atoms. The van der Waals surface area contributed by atoms with E-state index in [-0.39, 0.29) is 5.03 Å². The van der Waals surface area contributed by atoms with E-state index in [1.165, 1.54) is 12.3 Å². The van der Waals surface area contributed by atoms with Crippen molar-refractivity contribution in [1.29, 1.82) is 0 Å². The van der Waals surface area contributed by atoms with Crippen molar-refractivity contribution >= 4 is 9.84 Å². The Morgan fingerprint density at radius 2 is 1.67 bits per heavy atom. The number of rotatable bonds is 7. The van der Waals surface area contributed by atoms with Gasteiger partial charge >= 0.3 is 0 Å². The molecule has 3 aromatic rings. The van der Waals surface area contributed by atoms with Crippen LogP contribution >= 0.6 is 0 Å². The first-order valence-electron chi connectivity index (χ1n) is 8.52. The maximum absolute atomic E-state index is 11.6. The predicted molar refractivity (Wildman–Crippen MR) is 102 cm³/mol. The maximum atomic E-state index is 11.6. The Kier molecular flexibility index (Phi) is 5.46. The number of benzene rings is 1. The number of hydrogen-bond acceptors (Lipinski definition) is 6. The number of ether oxygens (including phenoxy) is 2. The van der Waals surface area contributed by atoms with Crippen molar-refractivity contribution in [2.45, 2.75) is 18.9 Å². The molecule has 27 heavy (non-hydrogen) atoms. The summed E-state index contributed by atoms with van der Waals surface area (Å²) in [5.74, 6) is 1.41. The van der Waals surface area contributed by atoms with Gasteiger partial charge in [-0.2, -0.15) is 0 Å². The van der Waals surface area contributed by atoms with Gasteiger partial charge in [0.05, 0.1) is 43.3 Å². The van der Waals surface area contributed by atoms with Gasteiger partial charge in [-0.3, -0.25) is 4.57 Å². The van der Waals surface area contributed by atoms with Crippen LogP contribution in [0.1, 0.15) is 13.8 Å². The highest BCUT2D eigenvalue weighted by Crippen LogP contribution is 2.31. The standard InChI is InChI=1S/C19H21N3O4S/c1-4-25-16-8-14(9-17(10-16)26-5-2)18-12-20-13-22(18)15-6-7-19(21-11-15)27(3,23)24/h6-13H,4-5H2,1-3H3. The summed E-state index contributed by atoms with van der Waals surface area (Å²) in [6, 6.07) is 8.86. The van der Waals surface area contributed by atoms with Gasteiger partial charge in [-0.05, 0) is 38.1 Å². The van der Waals surface area contributed by atoms with Crippen molar-refractivity contribution in [1.82, 2.24) is 14.5 Å². The van der Waals surface area contributed by atoms with Crippen LogP contribution in [0.4, 0.5) is 0 Å². The maximum Gasteiger partial charge on any atom is 0.192 e. The van der Waals surface area contributed by atoms with Crippen LogP contribution in [0.25, 0.3) is 16.9 Å². The summed E-state index contributed by atoms with van der Waals surface area (Å²) in [5, 5.41) is 0.0323. The lowest BCUT2D eigenvalue weighted by Gasteiger charge is -2.13. The molecule has 0 aliphatic rings. The van der Waals surface area contributed by atoms with E-state index in [2.05, 4.69) is 9.97 Å². The minimum absolute atomic E-state index is 0.0323. The molecule has 8 heteroatoms. The first kappa shape index (κ1) is 18.9. The molecule has 0 saturated heterocycles. The quantitative estimate of drug-likeness (QED) is 0.619. The molecule has 1 aromatic carbocycles. The van der Waals surface area contributed by atoms with Crippen molar-refractivity contribution in [3.63, 3.8) is 0 Å². The summed E-state index contributed by atoms with van der Waals surface area (Å²) < 4.78 is 36.3. The van der Waals surface area contributed by atoms with Crippen molar-refractivity contribution in [3.8, 4) is 28.4 Å². The molecule has 0 N–H and O–H groups in total. The average Bonchev–Trinajstić information content (AvgIpc) is 3.11. The van der Waals surface area contributed by atoms with Gasteiger partial charge in [-0.25, -0.2) is 18.4 Å². The van der Waals surface area contributed by atoms with Gasteiger partial charge in [0.2, 0.25) is 0 Å². The van der Waals surface area contributed by atoms with Gasteiger partial charge in [-0.15, -0.1) is 0 Å². The van der Waals surface area contributed by atoms with Crippen LogP contribution in [0.15, 0.2) is 54.1 Å². The Labute approximate surface area is 158 Å². The zero-order valence-electron chi connectivity index (χ0n) is 15.4. The van der Waals surface area contributed by atoms with Gasteiger partial charge in [0.1, 0.15) is 11.5 Å². The lowest BCUT2D eigenvalue weighted by atomic mass is 10.1. The first-order valence-corrected chi connectivity index (χ1v) is 10.4. The molecule has 0 fully saturated rings. The highest BCUT2D eigenvalue weighted by atomic mass is 32.2. The van der Waals surface area contributed by atoms with Crippen LogP contribution in [-0.2, 0) is 9.84 Å². The third kappa shape index (κ3) is 4.28. The van der Waals surface area contributed by atoms with E-state index in [1.807, 2.05) is 36.6 Å². The number of aromatic nitrogens is 3. The normalized spacial score (nSPS) is 11.4. The molecule has 0 aliphatic heterocycles. The predicted octanol–water partition coefficient (Wildman–Crippen LogP) is 3.14. The first-order chi connectivity index (χ1) is 12.9. The highest BCUT2D eigenvalue weighted by Gasteiger charge is 2.13. The summed E-state index contributed by atoms with van der Waals surface area (Å²) >= 11 is 0. The van der Waals surface area contributed by atoms with Crippen LogP contribution in [0.3, 0.4) is 0 Å². The van der Waals surface area contributed by atoms with Gasteiger partial charge in [0.15, 0.2) is 14.9 Å². The molecule has 0 atom stereocenters. The smallest absolute Gasteiger partial charge is 0.192 e. The minimum Gasteiger partial charge on any atom is -0.494 e. The number of hydrogen-bond donors (Lipinski definition) is 0. The van der Waals surface area contributed by atoms with E-state index in [0.29, 0.717) is 30.4 Å². The Hall–Kier alpha value is -2.87. The summed E-state index contributed by atoms with van der Waals surface area (Å²) in [6.07, 6.45) is 6.02. The molecule has 7 nitrogen and oxygen atoms in total. The molecule has 2 aromatic heterocycles. The lowest BCUT2D eigenvalue weighted by Crippen LogP contribution is -2.02. The van der Waals surface area contributed by atoms with Crippen LogP contribution in [0, 0.1) is 0 Å². The second-order valence-electron chi connectivity index (χ2n) is 5.83. The fourth-order valence-corrected chi connectivity index (χ4v) is 3.23. The van der Waals surface area contributed by atoms with Crippen LogP contribution in [0.2, 0.25) is 0 Å². The molecule has 0 amide bonds. The molecule has 0 unspecified atom stereocenters. The molecule has 0 aliphatic carbocycles. The zero-order chi connectivity index (χ0) is 19.4. The third-order valence-electron chi connectivity index (χ3n) is 3.82. The number of nitrogens with zero attached hydrogens (tertiary/aromatic N) is 3. The monoisotopic (exact) mass is 387 g/mol. The Bertz CT molecular complexity index is 1000. The largest absolute Gasteiger partial charge is 0.494 e. The molecule has 0 bridgehead atoms. The van der Waals surface area contributed by atoms with Crippen LogP contribution in [-0.4, -0.2) is 42.4 Å². The molecular formula is C19H21N3O4S. The van der Waals surface area contributed by atoms with Crippen LogP contribution in [0.5, 0.6) is 11.5 Å². The Morgan fingerprint density at radius 3 is 2.19 bits per heavy atom.